The number of hydrogen-bond acceptors (Lipinski definition) is 1. The van der Waals surface area contributed by atoms with Gasteiger partial charge in [0.15, 0.2) is 0 Å². The average molecular weight is 193 g/mol. The maximum atomic E-state index is 3.42. The molecule has 13 heavy (non-hydrogen) atoms. The van der Waals surface area contributed by atoms with E-state index in [1.807, 2.05) is 0 Å². The molecule has 0 heterocycles. The summed E-state index contributed by atoms with van der Waals surface area (Å²) in [7, 11) is 0.913. The van der Waals surface area contributed by atoms with Gasteiger partial charge < -0.3 is 5.32 Å². The second kappa shape index (κ2) is 4.07. The van der Waals surface area contributed by atoms with Gasteiger partial charge in [0.05, 0.1) is 8.07 Å². The van der Waals surface area contributed by atoms with Gasteiger partial charge in [-0.25, -0.2) is 0 Å². The lowest BCUT2D eigenvalue weighted by atomic mass is 10.2. The number of nitrogens with one attached hydrogen (secondary N) is 1. The Labute approximate surface area is 82.2 Å². The maximum absolute atomic E-state index is 3.42. The van der Waals surface area contributed by atoms with Gasteiger partial charge in [-0.3, -0.25) is 0 Å². The molecule has 1 aromatic carbocycles. The Kier molecular flexibility index (Phi) is 3.28. The molecule has 0 saturated carbocycles. The standard InChI is InChI=1S/C11H19NSi/c1-12-11(13(2,3)4)10-8-6-5-7-9-10/h5-9,11-12H,1-4H3. The Morgan fingerprint density at radius 2 is 1.62 bits per heavy atom. The number of benzene rings is 1. The fraction of sp³-hybridized carbons (Fsp3) is 0.455. The summed E-state index contributed by atoms with van der Waals surface area (Å²) >= 11 is 0. The van der Waals surface area contributed by atoms with Crippen LogP contribution in [0.15, 0.2) is 30.3 Å². The van der Waals surface area contributed by atoms with Crippen LogP contribution in [-0.4, -0.2) is 15.1 Å². The minimum atomic E-state index is -1.14. The first-order chi connectivity index (χ1) is 6.05. The van der Waals surface area contributed by atoms with E-state index in [2.05, 4.69) is 62.3 Å². The molecule has 0 aromatic heterocycles. The molecule has 0 fully saturated rings. The van der Waals surface area contributed by atoms with Gasteiger partial charge in [-0.1, -0.05) is 50.0 Å². The van der Waals surface area contributed by atoms with Gasteiger partial charge >= 0.3 is 0 Å². The van der Waals surface area contributed by atoms with Gasteiger partial charge in [0.1, 0.15) is 0 Å². The van der Waals surface area contributed by atoms with E-state index in [4.69, 9.17) is 0 Å². The normalized spacial score (nSPS) is 14.2. The van der Waals surface area contributed by atoms with Gasteiger partial charge in [0.2, 0.25) is 0 Å². The van der Waals surface area contributed by atoms with Crippen LogP contribution in [0.25, 0.3) is 0 Å². The summed E-state index contributed by atoms with van der Waals surface area (Å²) in [6.45, 7) is 7.17. The SMILES string of the molecule is CNC(c1ccccc1)[Si](C)(C)C. The topological polar surface area (TPSA) is 12.0 Å². The first-order valence-electron chi connectivity index (χ1n) is 4.78. The lowest BCUT2D eigenvalue weighted by molar-refractivity contribution is 0.751. The predicted octanol–water partition coefficient (Wildman–Crippen LogP) is 2.82. The number of rotatable bonds is 3. The van der Waals surface area contributed by atoms with E-state index in [-0.39, 0.29) is 0 Å². The molecule has 72 valence electrons. The van der Waals surface area contributed by atoms with E-state index in [1.54, 1.807) is 0 Å². The predicted molar refractivity (Wildman–Crippen MR) is 61.6 cm³/mol. The zero-order chi connectivity index (χ0) is 9.90. The monoisotopic (exact) mass is 193 g/mol. The van der Waals surface area contributed by atoms with Gasteiger partial charge in [-0.2, -0.15) is 0 Å². The average Bonchev–Trinajstić information content (AvgIpc) is 2.05. The highest BCUT2D eigenvalue weighted by Gasteiger charge is 2.26. The van der Waals surface area contributed by atoms with Crippen molar-refractivity contribution in [2.45, 2.75) is 25.3 Å². The molecule has 1 unspecified atom stereocenters. The van der Waals surface area contributed by atoms with Gasteiger partial charge in [0, 0.05) is 5.67 Å². The first kappa shape index (κ1) is 10.5. The lowest BCUT2D eigenvalue weighted by Gasteiger charge is -2.28. The van der Waals surface area contributed by atoms with Crippen molar-refractivity contribution in [1.29, 1.82) is 0 Å². The third-order valence-corrected chi connectivity index (χ3v) is 4.64. The Morgan fingerprint density at radius 3 is 2.00 bits per heavy atom. The molecule has 0 aliphatic carbocycles. The van der Waals surface area contributed by atoms with Crippen LogP contribution >= 0.6 is 0 Å². The highest BCUT2D eigenvalue weighted by Crippen LogP contribution is 2.23. The molecular weight excluding hydrogens is 174 g/mol. The summed E-state index contributed by atoms with van der Waals surface area (Å²) in [6.07, 6.45) is 0. The summed E-state index contributed by atoms with van der Waals surface area (Å²) < 4.78 is 0. The van der Waals surface area contributed by atoms with Crippen molar-refractivity contribution in [1.82, 2.24) is 5.32 Å². The van der Waals surface area contributed by atoms with Crippen LogP contribution in [0.5, 0.6) is 0 Å². The summed E-state index contributed by atoms with van der Waals surface area (Å²) in [5.41, 5.74) is 1.98. The van der Waals surface area contributed by atoms with Crippen molar-refractivity contribution in [2.75, 3.05) is 7.05 Å². The van der Waals surface area contributed by atoms with Gasteiger partial charge in [0.25, 0.3) is 0 Å². The molecule has 0 spiro atoms. The lowest BCUT2D eigenvalue weighted by Crippen LogP contribution is -2.39. The molecular formula is C11H19NSi. The molecule has 0 aliphatic rings. The molecule has 0 aliphatic heterocycles. The highest BCUT2D eigenvalue weighted by molar-refractivity contribution is 6.77. The second-order valence-corrected chi connectivity index (χ2v) is 9.81. The van der Waals surface area contributed by atoms with Gasteiger partial charge in [-0.15, -0.1) is 0 Å². The first-order valence-corrected chi connectivity index (χ1v) is 8.35. The molecule has 1 aromatic rings. The third-order valence-electron chi connectivity index (χ3n) is 2.29. The maximum Gasteiger partial charge on any atom is 0.0691 e. The minimum Gasteiger partial charge on any atom is -0.316 e. The smallest absolute Gasteiger partial charge is 0.0691 e. The van der Waals surface area contributed by atoms with Crippen LogP contribution in [0.1, 0.15) is 11.2 Å². The van der Waals surface area contributed by atoms with Crippen LogP contribution < -0.4 is 5.32 Å². The summed E-state index contributed by atoms with van der Waals surface area (Å²) in [6, 6.07) is 10.7. The van der Waals surface area contributed by atoms with Crippen molar-refractivity contribution >= 4 is 8.07 Å². The van der Waals surface area contributed by atoms with Crippen LogP contribution in [0, 0.1) is 0 Å². The minimum absolute atomic E-state index is 0.564. The molecule has 0 radical (unpaired) electrons. The quantitative estimate of drug-likeness (QED) is 0.728. The zero-order valence-corrected chi connectivity index (χ0v) is 9.96. The molecule has 0 bridgehead atoms. The van der Waals surface area contributed by atoms with Crippen LogP contribution in [0.2, 0.25) is 19.6 Å². The zero-order valence-electron chi connectivity index (χ0n) is 8.96. The molecule has 2 heteroatoms. The van der Waals surface area contributed by atoms with Crippen molar-refractivity contribution in [3.63, 3.8) is 0 Å². The van der Waals surface area contributed by atoms with E-state index in [0.717, 1.165) is 0 Å². The van der Waals surface area contributed by atoms with Crippen molar-refractivity contribution in [3.05, 3.63) is 35.9 Å². The molecule has 0 saturated heterocycles. The molecule has 1 atom stereocenters. The Balaban J connectivity index is 2.92. The van der Waals surface area contributed by atoms with Crippen LogP contribution in [0.3, 0.4) is 0 Å². The van der Waals surface area contributed by atoms with E-state index < -0.39 is 8.07 Å². The summed E-state index contributed by atoms with van der Waals surface area (Å²) in [5.74, 6) is 0. The van der Waals surface area contributed by atoms with Crippen molar-refractivity contribution in [2.24, 2.45) is 0 Å². The Hall–Kier alpha value is -0.603. The Morgan fingerprint density at radius 1 is 1.08 bits per heavy atom. The molecule has 1 nitrogen and oxygen atoms in total. The van der Waals surface area contributed by atoms with E-state index in [9.17, 15) is 0 Å². The van der Waals surface area contributed by atoms with Crippen LogP contribution in [-0.2, 0) is 0 Å². The number of hydrogen-bond donors (Lipinski definition) is 1. The fourth-order valence-electron chi connectivity index (χ4n) is 1.75. The van der Waals surface area contributed by atoms with Gasteiger partial charge in [-0.05, 0) is 12.6 Å². The van der Waals surface area contributed by atoms with E-state index in [0.29, 0.717) is 5.67 Å². The molecule has 1 N–H and O–H groups in total. The Bertz CT molecular complexity index is 251. The fourth-order valence-corrected chi connectivity index (χ4v) is 3.80. The summed E-state index contributed by atoms with van der Waals surface area (Å²) in [4.78, 5) is 0. The second-order valence-electron chi connectivity index (χ2n) is 4.50. The van der Waals surface area contributed by atoms with Crippen LogP contribution in [0.4, 0.5) is 0 Å². The van der Waals surface area contributed by atoms with E-state index in [1.165, 1.54) is 5.56 Å². The summed E-state index contributed by atoms with van der Waals surface area (Å²) in [5, 5.41) is 3.42. The van der Waals surface area contributed by atoms with E-state index >= 15 is 0 Å². The van der Waals surface area contributed by atoms with Crippen molar-refractivity contribution in [3.8, 4) is 0 Å². The molecule has 1 rings (SSSR count). The molecule has 0 amide bonds. The third kappa shape index (κ3) is 2.67. The highest BCUT2D eigenvalue weighted by atomic mass is 28.3. The largest absolute Gasteiger partial charge is 0.316 e. The van der Waals surface area contributed by atoms with Crippen molar-refractivity contribution < 1.29 is 0 Å².